The van der Waals surface area contributed by atoms with Crippen LogP contribution >= 0.6 is 11.3 Å². The Balaban J connectivity index is 1.60. The largest absolute Gasteiger partial charge is 0.365 e. The van der Waals surface area contributed by atoms with Gasteiger partial charge in [0.1, 0.15) is 5.70 Å². The molecule has 0 aromatic carbocycles. The van der Waals surface area contributed by atoms with Crippen molar-refractivity contribution in [1.82, 2.24) is 14.7 Å². The molecule has 1 saturated carbocycles. The number of hydrogen-bond acceptors (Lipinski definition) is 6. The molecule has 0 radical (unpaired) electrons. The van der Waals surface area contributed by atoms with E-state index in [2.05, 4.69) is 0 Å². The number of carbonyl (C=O) groups excluding carboxylic acids is 2. The average molecular weight is 447 g/mol. The quantitative estimate of drug-likeness (QED) is 0.512. The zero-order valence-corrected chi connectivity index (χ0v) is 19.0. The number of hydrogen-bond donors (Lipinski definition) is 0. The van der Waals surface area contributed by atoms with Crippen LogP contribution in [-0.2, 0) is 4.79 Å². The Hall–Kier alpha value is -2.42. The van der Waals surface area contributed by atoms with E-state index < -0.39 is 10.8 Å². The van der Waals surface area contributed by atoms with Gasteiger partial charge in [0.25, 0.3) is 5.91 Å². The smallest absolute Gasteiger partial charge is 0.352 e. The Bertz CT molecular complexity index is 874. The number of fused-ring (bicyclic) bond motifs is 1. The molecule has 3 heterocycles. The van der Waals surface area contributed by atoms with E-state index in [9.17, 15) is 19.7 Å². The topological polar surface area (TPSA) is 87.0 Å². The standard InChI is InChI=1S/C22H30N4O4S/c1-15(2)14-25-17-7-4-3-6-16(17)19(20(22(25)28)26(29)30)23-9-11-24(12-10-23)21(27)18-8-5-13-31-18/h5,8,13,15-17H,3-4,6-7,9-12,14H2,1-2H3. The highest BCUT2D eigenvalue weighted by Crippen LogP contribution is 2.41. The SMILES string of the molecule is CC(C)CN1C(=O)C([N+](=O)[O-])=C(N2CCN(C(=O)c3cccs3)CC2)C2CCCCC21. The van der Waals surface area contributed by atoms with E-state index in [1.807, 2.05) is 41.2 Å². The van der Waals surface area contributed by atoms with E-state index in [0.717, 1.165) is 25.7 Å². The Morgan fingerprint density at radius 1 is 1.23 bits per heavy atom. The second kappa shape index (κ2) is 8.98. The molecule has 2 fully saturated rings. The molecule has 8 nitrogen and oxygen atoms in total. The van der Waals surface area contributed by atoms with Gasteiger partial charge < -0.3 is 14.7 Å². The minimum absolute atomic E-state index is 0.00477. The molecule has 0 bridgehead atoms. The lowest BCUT2D eigenvalue weighted by molar-refractivity contribution is -0.424. The van der Waals surface area contributed by atoms with Crippen molar-refractivity contribution in [2.45, 2.75) is 45.6 Å². The molecule has 1 aromatic heterocycles. The van der Waals surface area contributed by atoms with E-state index >= 15 is 0 Å². The maximum absolute atomic E-state index is 13.3. The third-order valence-corrected chi connectivity index (χ3v) is 7.43. The minimum Gasteiger partial charge on any atom is -0.365 e. The van der Waals surface area contributed by atoms with Crippen LogP contribution in [0.3, 0.4) is 0 Å². The van der Waals surface area contributed by atoms with Crippen molar-refractivity contribution in [1.29, 1.82) is 0 Å². The summed E-state index contributed by atoms with van der Waals surface area (Å²) in [5.41, 5.74) is 0.366. The summed E-state index contributed by atoms with van der Waals surface area (Å²) >= 11 is 1.42. The van der Waals surface area contributed by atoms with Crippen LogP contribution in [0.15, 0.2) is 28.9 Å². The molecule has 168 valence electrons. The van der Waals surface area contributed by atoms with Crippen molar-refractivity contribution < 1.29 is 14.5 Å². The van der Waals surface area contributed by atoms with Gasteiger partial charge in [0.15, 0.2) is 0 Å². The number of thiophene rings is 1. The fourth-order valence-corrected chi connectivity index (χ4v) is 5.94. The van der Waals surface area contributed by atoms with Crippen molar-refractivity contribution in [3.05, 3.63) is 43.9 Å². The molecular weight excluding hydrogens is 416 g/mol. The van der Waals surface area contributed by atoms with E-state index in [0.29, 0.717) is 43.3 Å². The van der Waals surface area contributed by atoms with Crippen molar-refractivity contribution in [3.63, 3.8) is 0 Å². The first-order chi connectivity index (χ1) is 14.9. The molecule has 1 saturated heterocycles. The third-order valence-electron chi connectivity index (χ3n) is 6.57. The number of amides is 2. The molecule has 9 heteroatoms. The van der Waals surface area contributed by atoms with E-state index in [-0.39, 0.29) is 29.5 Å². The predicted octanol–water partition coefficient (Wildman–Crippen LogP) is 3.05. The molecule has 1 aromatic rings. The van der Waals surface area contributed by atoms with E-state index in [1.165, 1.54) is 11.3 Å². The van der Waals surface area contributed by atoms with Crippen molar-refractivity contribution in [2.24, 2.45) is 11.8 Å². The predicted molar refractivity (Wildman–Crippen MR) is 118 cm³/mol. The number of rotatable bonds is 5. The Labute approximate surface area is 186 Å². The first-order valence-electron chi connectivity index (χ1n) is 11.2. The molecular formula is C22H30N4O4S. The Morgan fingerprint density at radius 3 is 2.55 bits per heavy atom. The summed E-state index contributed by atoms with van der Waals surface area (Å²) in [4.78, 5) is 43.9. The summed E-state index contributed by atoms with van der Waals surface area (Å²) in [6, 6.07) is 3.72. The van der Waals surface area contributed by atoms with Gasteiger partial charge in [-0.2, -0.15) is 0 Å². The van der Waals surface area contributed by atoms with Gasteiger partial charge in [0.05, 0.1) is 9.80 Å². The molecule has 0 spiro atoms. The summed E-state index contributed by atoms with van der Waals surface area (Å²) in [5.74, 6) is -0.163. The molecule has 1 aliphatic carbocycles. The fraction of sp³-hybridized carbons (Fsp3) is 0.636. The van der Waals surface area contributed by atoms with Crippen LogP contribution in [0, 0.1) is 22.0 Å². The van der Waals surface area contributed by atoms with Crippen LogP contribution in [0.4, 0.5) is 0 Å². The molecule has 2 amide bonds. The molecule has 0 N–H and O–H groups in total. The van der Waals surface area contributed by atoms with Crippen LogP contribution in [0.1, 0.15) is 49.2 Å². The first kappa shape index (κ1) is 21.8. The average Bonchev–Trinajstić information content (AvgIpc) is 3.29. The zero-order chi connectivity index (χ0) is 22.1. The monoisotopic (exact) mass is 446 g/mol. The normalized spacial score (nSPS) is 24.6. The van der Waals surface area contributed by atoms with E-state index in [4.69, 9.17) is 0 Å². The summed E-state index contributed by atoms with van der Waals surface area (Å²) in [6.45, 7) is 6.68. The summed E-state index contributed by atoms with van der Waals surface area (Å²) in [5, 5.41) is 13.9. The highest BCUT2D eigenvalue weighted by molar-refractivity contribution is 7.12. The van der Waals surface area contributed by atoms with Crippen LogP contribution in [-0.4, -0.2) is 70.2 Å². The molecule has 4 rings (SSSR count). The van der Waals surface area contributed by atoms with Gasteiger partial charge in [-0.25, -0.2) is 0 Å². The van der Waals surface area contributed by atoms with E-state index in [1.54, 1.807) is 4.90 Å². The fourth-order valence-electron chi connectivity index (χ4n) is 5.25. The molecule has 2 unspecified atom stereocenters. The van der Waals surface area contributed by atoms with Gasteiger partial charge in [-0.05, 0) is 30.2 Å². The van der Waals surface area contributed by atoms with Gasteiger partial charge >= 0.3 is 11.6 Å². The first-order valence-corrected chi connectivity index (χ1v) is 12.0. The summed E-state index contributed by atoms with van der Waals surface area (Å²) in [6.07, 6.45) is 3.84. The summed E-state index contributed by atoms with van der Waals surface area (Å²) in [7, 11) is 0. The van der Waals surface area contributed by atoms with Crippen molar-refractivity contribution in [2.75, 3.05) is 32.7 Å². The number of nitro groups is 1. The maximum Gasteiger partial charge on any atom is 0.352 e. The lowest BCUT2D eigenvalue weighted by Crippen LogP contribution is -2.57. The lowest BCUT2D eigenvalue weighted by atomic mass is 9.77. The van der Waals surface area contributed by atoms with Gasteiger partial charge in [0, 0.05) is 44.7 Å². The molecule has 2 atom stereocenters. The Kier molecular flexibility index (Phi) is 6.31. The van der Waals surface area contributed by atoms with Crippen LogP contribution in [0.5, 0.6) is 0 Å². The number of piperazine rings is 1. The van der Waals surface area contributed by atoms with Gasteiger partial charge in [-0.3, -0.25) is 19.7 Å². The molecule has 3 aliphatic rings. The minimum atomic E-state index is -0.473. The Morgan fingerprint density at radius 2 is 1.94 bits per heavy atom. The van der Waals surface area contributed by atoms with Gasteiger partial charge in [0.2, 0.25) is 0 Å². The van der Waals surface area contributed by atoms with Crippen molar-refractivity contribution >= 4 is 23.2 Å². The summed E-state index contributed by atoms with van der Waals surface area (Å²) < 4.78 is 0. The van der Waals surface area contributed by atoms with Crippen LogP contribution in [0.2, 0.25) is 0 Å². The highest BCUT2D eigenvalue weighted by Gasteiger charge is 2.50. The second-order valence-electron chi connectivity index (χ2n) is 9.06. The number of carbonyl (C=O) groups is 2. The second-order valence-corrected chi connectivity index (χ2v) is 10.0. The van der Waals surface area contributed by atoms with Crippen LogP contribution < -0.4 is 0 Å². The highest BCUT2D eigenvalue weighted by atomic mass is 32.1. The van der Waals surface area contributed by atoms with Crippen LogP contribution in [0.25, 0.3) is 0 Å². The number of nitrogens with zero attached hydrogens (tertiary/aromatic N) is 4. The third kappa shape index (κ3) is 4.20. The maximum atomic E-state index is 13.3. The molecule has 31 heavy (non-hydrogen) atoms. The molecule has 2 aliphatic heterocycles. The zero-order valence-electron chi connectivity index (χ0n) is 18.2. The van der Waals surface area contributed by atoms with Gasteiger partial charge in [-0.1, -0.05) is 32.8 Å². The lowest BCUT2D eigenvalue weighted by Gasteiger charge is -2.48. The van der Waals surface area contributed by atoms with Gasteiger partial charge in [-0.15, -0.1) is 11.3 Å². The van der Waals surface area contributed by atoms with Crippen molar-refractivity contribution in [3.8, 4) is 0 Å².